The van der Waals surface area contributed by atoms with E-state index < -0.39 is 5.97 Å². The van der Waals surface area contributed by atoms with E-state index in [-0.39, 0.29) is 0 Å². The molecule has 2 atom stereocenters. The van der Waals surface area contributed by atoms with Crippen molar-refractivity contribution in [1.82, 2.24) is 0 Å². The number of hydrogen-bond donors (Lipinski definition) is 2. The zero-order valence-electron chi connectivity index (χ0n) is 10.9. The first-order valence-electron chi connectivity index (χ1n) is 6.37. The predicted octanol–water partition coefficient (Wildman–Crippen LogP) is 2.45. The van der Waals surface area contributed by atoms with Crippen molar-refractivity contribution in [2.45, 2.75) is 20.3 Å². The second-order valence-electron chi connectivity index (χ2n) is 5.27. The van der Waals surface area contributed by atoms with Crippen LogP contribution >= 0.6 is 0 Å². The van der Waals surface area contributed by atoms with Crippen molar-refractivity contribution in [3.63, 3.8) is 0 Å². The van der Waals surface area contributed by atoms with Crippen LogP contribution < -0.4 is 10.6 Å². The van der Waals surface area contributed by atoms with Gasteiger partial charge in [-0.05, 0) is 36.5 Å². The van der Waals surface area contributed by atoms with Crippen LogP contribution in [-0.2, 0) is 0 Å². The summed E-state index contributed by atoms with van der Waals surface area (Å²) in [4.78, 5) is 13.4. The average molecular weight is 248 g/mol. The maximum absolute atomic E-state index is 11.3. The van der Waals surface area contributed by atoms with Gasteiger partial charge in [0.15, 0.2) is 0 Å². The van der Waals surface area contributed by atoms with E-state index in [1.807, 2.05) is 0 Å². The van der Waals surface area contributed by atoms with Gasteiger partial charge in [0.05, 0.1) is 11.3 Å². The minimum absolute atomic E-state index is 0.339. The van der Waals surface area contributed by atoms with Crippen LogP contribution in [0.2, 0.25) is 0 Å². The predicted molar refractivity (Wildman–Crippen MR) is 73.0 cm³/mol. The Kier molecular flexibility index (Phi) is 3.45. The molecule has 1 heterocycles. The number of nitrogens with zero attached hydrogens (tertiary/aromatic N) is 1. The van der Waals surface area contributed by atoms with E-state index in [1.165, 1.54) is 0 Å². The number of aromatic carboxylic acids is 1. The van der Waals surface area contributed by atoms with Crippen LogP contribution in [0.15, 0.2) is 18.2 Å². The van der Waals surface area contributed by atoms with E-state index in [9.17, 15) is 9.90 Å². The third kappa shape index (κ3) is 2.42. The summed E-state index contributed by atoms with van der Waals surface area (Å²) in [6, 6.07) is 5.00. The van der Waals surface area contributed by atoms with Gasteiger partial charge in [0.2, 0.25) is 0 Å². The third-order valence-corrected chi connectivity index (χ3v) is 3.93. The Morgan fingerprint density at radius 2 is 2.11 bits per heavy atom. The highest BCUT2D eigenvalue weighted by Gasteiger charge is 2.25. The summed E-state index contributed by atoms with van der Waals surface area (Å²) in [5, 5.41) is 9.24. The Bertz CT molecular complexity index is 459. The summed E-state index contributed by atoms with van der Waals surface area (Å²) in [6.45, 7) is 6.25. The molecule has 0 saturated carbocycles. The van der Waals surface area contributed by atoms with Gasteiger partial charge in [0.25, 0.3) is 0 Å². The van der Waals surface area contributed by atoms with Crippen LogP contribution in [0.4, 0.5) is 11.4 Å². The number of carbonyl (C=O) groups is 1. The molecule has 18 heavy (non-hydrogen) atoms. The van der Waals surface area contributed by atoms with Crippen molar-refractivity contribution in [2.75, 3.05) is 23.7 Å². The van der Waals surface area contributed by atoms with Crippen LogP contribution in [0.3, 0.4) is 0 Å². The van der Waals surface area contributed by atoms with E-state index in [4.69, 9.17) is 5.73 Å². The van der Waals surface area contributed by atoms with Crippen molar-refractivity contribution in [2.24, 2.45) is 11.8 Å². The van der Waals surface area contributed by atoms with Gasteiger partial charge in [-0.2, -0.15) is 0 Å². The summed E-state index contributed by atoms with van der Waals surface area (Å²) < 4.78 is 0. The second kappa shape index (κ2) is 4.88. The van der Waals surface area contributed by atoms with Crippen molar-refractivity contribution in [1.29, 1.82) is 0 Å². The average Bonchev–Trinajstić information content (AvgIpc) is 2.32. The fourth-order valence-electron chi connectivity index (χ4n) is 2.47. The van der Waals surface area contributed by atoms with Gasteiger partial charge in [0.1, 0.15) is 0 Å². The van der Waals surface area contributed by atoms with E-state index in [0.29, 0.717) is 23.1 Å². The zero-order chi connectivity index (χ0) is 13.3. The minimum Gasteiger partial charge on any atom is -0.478 e. The monoisotopic (exact) mass is 248 g/mol. The highest BCUT2D eigenvalue weighted by Crippen LogP contribution is 2.30. The molecule has 0 aromatic heterocycles. The van der Waals surface area contributed by atoms with Gasteiger partial charge < -0.3 is 15.7 Å². The first-order valence-corrected chi connectivity index (χ1v) is 6.37. The summed E-state index contributed by atoms with van der Waals surface area (Å²) in [5.41, 5.74) is 7.48. The Morgan fingerprint density at radius 3 is 2.72 bits per heavy atom. The molecule has 2 unspecified atom stereocenters. The molecule has 2 rings (SSSR count). The Labute approximate surface area is 107 Å². The van der Waals surface area contributed by atoms with Gasteiger partial charge in [-0.25, -0.2) is 4.79 Å². The van der Waals surface area contributed by atoms with Crippen molar-refractivity contribution < 1.29 is 9.90 Å². The molecule has 0 amide bonds. The number of carboxylic acids is 1. The molecule has 0 bridgehead atoms. The Morgan fingerprint density at radius 1 is 1.39 bits per heavy atom. The van der Waals surface area contributed by atoms with Crippen molar-refractivity contribution in [3.8, 4) is 0 Å². The van der Waals surface area contributed by atoms with E-state index in [1.54, 1.807) is 18.2 Å². The van der Waals surface area contributed by atoms with Crippen molar-refractivity contribution >= 4 is 17.3 Å². The molecule has 0 radical (unpaired) electrons. The Balaban J connectivity index is 2.32. The lowest BCUT2D eigenvalue weighted by molar-refractivity contribution is 0.0697. The first kappa shape index (κ1) is 12.7. The Hall–Kier alpha value is -1.71. The summed E-state index contributed by atoms with van der Waals surface area (Å²) in [7, 11) is 0. The van der Waals surface area contributed by atoms with Crippen LogP contribution in [0.1, 0.15) is 30.6 Å². The number of anilines is 2. The van der Waals surface area contributed by atoms with Crippen LogP contribution in [-0.4, -0.2) is 24.2 Å². The van der Waals surface area contributed by atoms with Crippen LogP contribution in [0, 0.1) is 11.8 Å². The number of rotatable bonds is 2. The number of benzene rings is 1. The number of nitrogens with two attached hydrogens (primary N) is 1. The van der Waals surface area contributed by atoms with Gasteiger partial charge in [-0.3, -0.25) is 0 Å². The van der Waals surface area contributed by atoms with Gasteiger partial charge in [-0.1, -0.05) is 13.8 Å². The fraction of sp³-hybridized carbons (Fsp3) is 0.500. The lowest BCUT2D eigenvalue weighted by Gasteiger charge is -2.37. The van der Waals surface area contributed by atoms with Gasteiger partial charge in [-0.15, -0.1) is 0 Å². The summed E-state index contributed by atoms with van der Waals surface area (Å²) >= 11 is 0. The van der Waals surface area contributed by atoms with E-state index in [2.05, 4.69) is 18.7 Å². The van der Waals surface area contributed by atoms with Gasteiger partial charge >= 0.3 is 5.97 Å². The van der Waals surface area contributed by atoms with E-state index >= 15 is 0 Å². The lowest BCUT2D eigenvalue weighted by atomic mass is 9.88. The quantitative estimate of drug-likeness (QED) is 0.789. The maximum atomic E-state index is 11.3. The van der Waals surface area contributed by atoms with Crippen molar-refractivity contribution in [3.05, 3.63) is 23.8 Å². The SMILES string of the molecule is CC1CCN(c2cc(N)ccc2C(=O)O)CC1C. The third-order valence-electron chi connectivity index (χ3n) is 3.93. The second-order valence-corrected chi connectivity index (χ2v) is 5.27. The number of piperidine rings is 1. The molecule has 4 heteroatoms. The number of carboxylic acid groups (broad SMARTS) is 1. The topological polar surface area (TPSA) is 66.6 Å². The molecule has 1 saturated heterocycles. The normalized spacial score (nSPS) is 24.0. The molecule has 1 aliphatic heterocycles. The molecule has 1 aromatic rings. The smallest absolute Gasteiger partial charge is 0.337 e. The zero-order valence-corrected chi connectivity index (χ0v) is 10.9. The number of nitrogen functional groups attached to an aromatic ring is 1. The van der Waals surface area contributed by atoms with Crippen LogP contribution in [0.25, 0.3) is 0 Å². The molecule has 0 aliphatic carbocycles. The highest BCUT2D eigenvalue weighted by molar-refractivity contribution is 5.95. The van der Waals surface area contributed by atoms with Gasteiger partial charge in [0, 0.05) is 18.8 Å². The van der Waals surface area contributed by atoms with E-state index in [0.717, 1.165) is 25.2 Å². The molecule has 1 aliphatic rings. The molecular formula is C14H20N2O2. The molecule has 0 spiro atoms. The first-order chi connectivity index (χ1) is 8.49. The minimum atomic E-state index is -0.892. The summed E-state index contributed by atoms with van der Waals surface area (Å²) in [5.74, 6) is 0.369. The highest BCUT2D eigenvalue weighted by atomic mass is 16.4. The number of hydrogen-bond acceptors (Lipinski definition) is 3. The molecule has 1 aromatic carbocycles. The fourth-order valence-corrected chi connectivity index (χ4v) is 2.47. The summed E-state index contributed by atoms with van der Waals surface area (Å²) in [6.07, 6.45) is 1.09. The molecule has 1 fully saturated rings. The molecule has 3 N–H and O–H groups in total. The lowest BCUT2D eigenvalue weighted by Crippen LogP contribution is -2.39. The molecular weight excluding hydrogens is 228 g/mol. The standard InChI is InChI=1S/C14H20N2O2/c1-9-5-6-16(8-10(9)2)13-7-11(15)3-4-12(13)14(17)18/h3-4,7,9-10H,5-6,8,15H2,1-2H3,(H,17,18). The van der Waals surface area contributed by atoms with Crippen LogP contribution in [0.5, 0.6) is 0 Å². The maximum Gasteiger partial charge on any atom is 0.337 e. The molecule has 98 valence electrons. The largest absolute Gasteiger partial charge is 0.478 e. The molecule has 4 nitrogen and oxygen atoms in total.